The molecule has 0 fully saturated rings. The molecule has 4 nitrogen and oxygen atoms in total. The minimum absolute atomic E-state index is 0.197. The molecule has 22 heavy (non-hydrogen) atoms. The van der Waals surface area contributed by atoms with Gasteiger partial charge in [0.2, 0.25) is 0 Å². The average molecular weight is 304 g/mol. The smallest absolute Gasteiger partial charge is 0.0724 e. The van der Waals surface area contributed by atoms with Gasteiger partial charge < -0.3 is 19.8 Å². The Morgan fingerprint density at radius 2 is 1.68 bits per heavy atom. The molecule has 0 saturated heterocycles. The second-order valence-corrected chi connectivity index (χ2v) is 5.69. The Hall–Kier alpha value is -1.84. The molecule has 0 spiro atoms. The zero-order valence-corrected chi connectivity index (χ0v) is 13.6. The molecule has 0 atom stereocenters. The lowest BCUT2D eigenvalue weighted by Gasteiger charge is -2.22. The third-order valence-corrected chi connectivity index (χ3v) is 4.28. The van der Waals surface area contributed by atoms with Gasteiger partial charge in [0.15, 0.2) is 0 Å². The average Bonchev–Trinajstić information content (AvgIpc) is 2.49. The van der Waals surface area contributed by atoms with E-state index >= 15 is 0 Å². The number of benzene rings is 1. The van der Waals surface area contributed by atoms with Crippen molar-refractivity contribution in [3.8, 4) is 0 Å². The van der Waals surface area contributed by atoms with Crippen LogP contribution in [0.5, 0.6) is 0 Å². The third-order valence-electron chi connectivity index (χ3n) is 4.28. The SMILES string of the molecule is CCCCc1c(CC(CC)CC)ccc(C(=O)[O-])c1C(=O)[O-]. The number of carboxylic acids is 2. The van der Waals surface area contributed by atoms with Gasteiger partial charge in [-0.3, -0.25) is 0 Å². The Labute approximate surface area is 132 Å². The summed E-state index contributed by atoms with van der Waals surface area (Å²) in [6.45, 7) is 6.23. The van der Waals surface area contributed by atoms with Gasteiger partial charge in [-0.2, -0.15) is 0 Å². The molecule has 1 rings (SSSR count). The van der Waals surface area contributed by atoms with Gasteiger partial charge in [0.05, 0.1) is 11.9 Å². The maximum Gasteiger partial charge on any atom is 0.0724 e. The lowest BCUT2D eigenvalue weighted by molar-refractivity contribution is -0.259. The van der Waals surface area contributed by atoms with Gasteiger partial charge in [0.25, 0.3) is 0 Å². The van der Waals surface area contributed by atoms with Crippen LogP contribution < -0.4 is 10.2 Å². The lowest BCUT2D eigenvalue weighted by atomic mass is 9.86. The van der Waals surface area contributed by atoms with Crippen molar-refractivity contribution < 1.29 is 19.8 Å². The maximum absolute atomic E-state index is 11.5. The van der Waals surface area contributed by atoms with E-state index in [1.165, 1.54) is 6.07 Å². The molecule has 0 N–H and O–H groups in total. The van der Waals surface area contributed by atoms with Crippen molar-refractivity contribution in [1.29, 1.82) is 0 Å². The highest BCUT2D eigenvalue weighted by Crippen LogP contribution is 2.25. The minimum Gasteiger partial charge on any atom is -0.545 e. The van der Waals surface area contributed by atoms with Crippen LogP contribution in [-0.4, -0.2) is 11.9 Å². The molecule has 0 unspecified atom stereocenters. The van der Waals surface area contributed by atoms with Crippen LogP contribution in [0.2, 0.25) is 0 Å². The second-order valence-electron chi connectivity index (χ2n) is 5.69. The van der Waals surface area contributed by atoms with Crippen LogP contribution in [0.1, 0.15) is 78.3 Å². The molecule has 1 aromatic carbocycles. The largest absolute Gasteiger partial charge is 0.545 e. The Bertz CT molecular complexity index is 530. The number of unbranched alkanes of at least 4 members (excludes halogenated alkanes) is 1. The van der Waals surface area contributed by atoms with Gasteiger partial charge in [-0.25, -0.2) is 0 Å². The van der Waals surface area contributed by atoms with Gasteiger partial charge in [0.1, 0.15) is 0 Å². The van der Waals surface area contributed by atoms with Crippen molar-refractivity contribution in [2.75, 3.05) is 0 Å². The zero-order valence-electron chi connectivity index (χ0n) is 13.6. The molecule has 0 aliphatic carbocycles. The normalized spacial score (nSPS) is 10.9. The third kappa shape index (κ3) is 4.33. The summed E-state index contributed by atoms with van der Waals surface area (Å²) in [5, 5.41) is 22.7. The lowest BCUT2D eigenvalue weighted by Crippen LogP contribution is -2.32. The molecular weight excluding hydrogens is 280 g/mol. The summed E-state index contributed by atoms with van der Waals surface area (Å²) in [4.78, 5) is 22.7. The first kappa shape index (κ1) is 18.2. The molecular formula is C18H24O4-2. The van der Waals surface area contributed by atoms with Crippen LogP contribution in [0.25, 0.3) is 0 Å². The summed E-state index contributed by atoms with van der Waals surface area (Å²) in [5.74, 6) is -2.44. The summed E-state index contributed by atoms with van der Waals surface area (Å²) in [6.07, 6.45) is 5.05. The molecule has 0 saturated carbocycles. The predicted molar refractivity (Wildman–Crippen MR) is 81.5 cm³/mol. The Morgan fingerprint density at radius 3 is 2.14 bits per heavy atom. The molecule has 0 aromatic heterocycles. The van der Waals surface area contributed by atoms with Crippen LogP contribution in [0.4, 0.5) is 0 Å². The summed E-state index contributed by atoms with van der Waals surface area (Å²) < 4.78 is 0. The highest BCUT2D eigenvalue weighted by molar-refractivity contribution is 6.01. The number of rotatable bonds is 9. The van der Waals surface area contributed by atoms with E-state index in [9.17, 15) is 19.8 Å². The number of carbonyl (C=O) groups excluding carboxylic acids is 2. The molecule has 0 aliphatic rings. The molecule has 122 valence electrons. The fourth-order valence-electron chi connectivity index (χ4n) is 2.81. The standard InChI is InChI=1S/C18H26O4/c1-4-7-8-14-13(11-12(5-2)6-3)9-10-15(17(19)20)16(14)18(21)22/h9-10,12H,4-8,11H2,1-3H3,(H,19,20)(H,21,22)/p-2. The van der Waals surface area contributed by atoms with E-state index in [-0.39, 0.29) is 11.1 Å². The van der Waals surface area contributed by atoms with Crippen molar-refractivity contribution in [2.24, 2.45) is 5.92 Å². The van der Waals surface area contributed by atoms with Gasteiger partial charge in [-0.05, 0) is 36.3 Å². The quantitative estimate of drug-likeness (QED) is 0.696. The first-order valence-corrected chi connectivity index (χ1v) is 8.03. The van der Waals surface area contributed by atoms with Crippen molar-refractivity contribution in [2.45, 2.75) is 59.3 Å². The number of hydrogen-bond acceptors (Lipinski definition) is 4. The van der Waals surface area contributed by atoms with Crippen LogP contribution in [-0.2, 0) is 12.8 Å². The number of carboxylic acid groups (broad SMARTS) is 2. The van der Waals surface area contributed by atoms with E-state index in [0.29, 0.717) is 17.9 Å². The predicted octanol–water partition coefficient (Wildman–Crippen LogP) is 1.73. The first-order chi connectivity index (χ1) is 10.5. The van der Waals surface area contributed by atoms with Gasteiger partial charge >= 0.3 is 0 Å². The van der Waals surface area contributed by atoms with Crippen molar-refractivity contribution in [3.05, 3.63) is 34.4 Å². The summed E-state index contributed by atoms with van der Waals surface area (Å²) in [6, 6.07) is 3.08. The van der Waals surface area contributed by atoms with Crippen molar-refractivity contribution in [1.82, 2.24) is 0 Å². The second kappa shape index (κ2) is 8.57. The Balaban J connectivity index is 3.39. The van der Waals surface area contributed by atoms with Crippen LogP contribution in [0.15, 0.2) is 12.1 Å². The minimum atomic E-state index is -1.47. The first-order valence-electron chi connectivity index (χ1n) is 8.03. The van der Waals surface area contributed by atoms with Crippen LogP contribution >= 0.6 is 0 Å². The van der Waals surface area contributed by atoms with Gasteiger partial charge in [-0.15, -0.1) is 0 Å². The van der Waals surface area contributed by atoms with E-state index < -0.39 is 11.9 Å². The Morgan fingerprint density at radius 1 is 1.05 bits per heavy atom. The molecule has 4 heteroatoms. The van der Waals surface area contributed by atoms with Crippen molar-refractivity contribution >= 4 is 11.9 Å². The highest BCUT2D eigenvalue weighted by Gasteiger charge is 2.16. The molecule has 0 amide bonds. The number of aromatic carboxylic acids is 2. The van der Waals surface area contributed by atoms with Gasteiger partial charge in [-0.1, -0.05) is 52.2 Å². The summed E-state index contributed by atoms with van der Waals surface area (Å²) >= 11 is 0. The van der Waals surface area contributed by atoms with E-state index in [4.69, 9.17) is 0 Å². The van der Waals surface area contributed by atoms with E-state index in [0.717, 1.165) is 37.7 Å². The molecule has 1 aromatic rings. The molecule has 0 bridgehead atoms. The molecule has 0 heterocycles. The van der Waals surface area contributed by atoms with Gasteiger partial charge in [0, 0.05) is 11.1 Å². The topological polar surface area (TPSA) is 80.3 Å². The van der Waals surface area contributed by atoms with Crippen LogP contribution in [0.3, 0.4) is 0 Å². The number of hydrogen-bond donors (Lipinski definition) is 0. The fourth-order valence-corrected chi connectivity index (χ4v) is 2.81. The zero-order chi connectivity index (χ0) is 16.7. The highest BCUT2D eigenvalue weighted by atomic mass is 16.4. The van der Waals surface area contributed by atoms with Crippen molar-refractivity contribution in [3.63, 3.8) is 0 Å². The van der Waals surface area contributed by atoms with E-state index in [1.54, 1.807) is 6.07 Å². The molecule has 0 radical (unpaired) electrons. The maximum atomic E-state index is 11.5. The monoisotopic (exact) mass is 304 g/mol. The van der Waals surface area contributed by atoms with E-state index in [1.807, 2.05) is 6.92 Å². The van der Waals surface area contributed by atoms with E-state index in [2.05, 4.69) is 13.8 Å². The van der Waals surface area contributed by atoms with Crippen LogP contribution in [0, 0.1) is 5.92 Å². The summed E-state index contributed by atoms with van der Waals surface area (Å²) in [5.41, 5.74) is 1.05. The summed E-state index contributed by atoms with van der Waals surface area (Å²) in [7, 11) is 0. The number of carbonyl (C=O) groups is 2. The molecule has 0 aliphatic heterocycles. The fraction of sp³-hybridized carbons (Fsp3) is 0.556. The Kier molecular flexibility index (Phi) is 7.09.